The Labute approximate surface area is 198 Å². The number of pyridine rings is 1. The van der Waals surface area contributed by atoms with E-state index in [9.17, 15) is 9.59 Å². The molecular weight excluding hydrogens is 426 g/mol. The Bertz CT molecular complexity index is 1440. The Morgan fingerprint density at radius 2 is 1.65 bits per heavy atom. The van der Waals surface area contributed by atoms with Gasteiger partial charge in [-0.05, 0) is 80.4 Å². The molecule has 4 aromatic rings. The minimum atomic E-state index is -0.232. The molecular formula is C28H25N3O3. The summed E-state index contributed by atoms with van der Waals surface area (Å²) in [5.41, 5.74) is 6.09. The normalized spacial score (nSPS) is 14.4. The van der Waals surface area contributed by atoms with Crippen LogP contribution in [-0.4, -0.2) is 22.9 Å². The quantitative estimate of drug-likeness (QED) is 0.418. The van der Waals surface area contributed by atoms with Crippen molar-refractivity contribution in [2.24, 2.45) is 0 Å². The van der Waals surface area contributed by atoms with Crippen molar-refractivity contribution < 1.29 is 14.3 Å². The molecule has 2 heterocycles. The first kappa shape index (κ1) is 21.6. The smallest absolute Gasteiger partial charge is 0.255 e. The molecule has 0 aliphatic carbocycles. The molecule has 2 N–H and O–H groups in total. The van der Waals surface area contributed by atoms with Gasteiger partial charge in [-0.25, -0.2) is 0 Å². The summed E-state index contributed by atoms with van der Waals surface area (Å²) in [6.07, 6.45) is 0.977. The van der Waals surface area contributed by atoms with Crippen molar-refractivity contribution in [2.45, 2.75) is 33.3 Å². The lowest BCUT2D eigenvalue weighted by Gasteiger charge is -2.12. The van der Waals surface area contributed by atoms with Crippen molar-refractivity contribution in [3.63, 3.8) is 0 Å². The van der Waals surface area contributed by atoms with Gasteiger partial charge in [-0.2, -0.15) is 0 Å². The highest BCUT2D eigenvalue weighted by Crippen LogP contribution is 2.30. The number of ether oxygens (including phenoxy) is 1. The molecule has 0 saturated heterocycles. The monoisotopic (exact) mass is 451 g/mol. The number of nitrogens with zero attached hydrogens (tertiary/aromatic N) is 1. The van der Waals surface area contributed by atoms with Gasteiger partial charge < -0.3 is 15.4 Å². The molecule has 1 aliphatic heterocycles. The molecule has 1 aliphatic rings. The molecule has 0 spiro atoms. The van der Waals surface area contributed by atoms with Crippen molar-refractivity contribution in [1.29, 1.82) is 0 Å². The van der Waals surface area contributed by atoms with E-state index in [1.54, 1.807) is 18.2 Å². The van der Waals surface area contributed by atoms with E-state index < -0.39 is 0 Å². The van der Waals surface area contributed by atoms with Gasteiger partial charge in [0.15, 0.2) is 0 Å². The number of hydrogen-bond donors (Lipinski definition) is 2. The summed E-state index contributed by atoms with van der Waals surface area (Å²) < 4.78 is 5.77. The van der Waals surface area contributed by atoms with Crippen LogP contribution in [-0.2, 0) is 6.42 Å². The highest BCUT2D eigenvalue weighted by molar-refractivity contribution is 6.08. The average molecular weight is 452 g/mol. The van der Waals surface area contributed by atoms with Gasteiger partial charge in [0, 0.05) is 40.0 Å². The first-order valence-electron chi connectivity index (χ1n) is 11.3. The van der Waals surface area contributed by atoms with Gasteiger partial charge in [0.2, 0.25) is 0 Å². The van der Waals surface area contributed by atoms with E-state index >= 15 is 0 Å². The predicted octanol–water partition coefficient (Wildman–Crippen LogP) is 5.68. The summed E-state index contributed by atoms with van der Waals surface area (Å²) >= 11 is 0. The van der Waals surface area contributed by atoms with Gasteiger partial charge in [0.05, 0.1) is 5.52 Å². The lowest BCUT2D eigenvalue weighted by atomic mass is 10.1. The summed E-state index contributed by atoms with van der Waals surface area (Å²) in [7, 11) is 0. The molecule has 0 fully saturated rings. The first-order valence-corrected chi connectivity index (χ1v) is 11.3. The Kier molecular flexibility index (Phi) is 5.49. The highest BCUT2D eigenvalue weighted by atomic mass is 16.5. The lowest BCUT2D eigenvalue weighted by molar-refractivity contribution is 0.101. The number of fused-ring (bicyclic) bond motifs is 2. The van der Waals surface area contributed by atoms with Crippen LogP contribution >= 0.6 is 0 Å². The van der Waals surface area contributed by atoms with Gasteiger partial charge in [-0.15, -0.1) is 0 Å². The van der Waals surface area contributed by atoms with Gasteiger partial charge in [-0.3, -0.25) is 14.6 Å². The van der Waals surface area contributed by atoms with Crippen LogP contribution in [0.3, 0.4) is 0 Å². The Morgan fingerprint density at radius 3 is 2.50 bits per heavy atom. The number of aromatic nitrogens is 1. The second-order valence-electron chi connectivity index (χ2n) is 8.75. The predicted molar refractivity (Wildman–Crippen MR) is 134 cm³/mol. The van der Waals surface area contributed by atoms with E-state index in [1.165, 1.54) is 0 Å². The van der Waals surface area contributed by atoms with Crippen molar-refractivity contribution in [2.75, 3.05) is 10.6 Å². The van der Waals surface area contributed by atoms with Gasteiger partial charge in [0.25, 0.3) is 11.8 Å². The molecule has 2 amide bonds. The zero-order valence-corrected chi connectivity index (χ0v) is 19.3. The lowest BCUT2D eigenvalue weighted by Crippen LogP contribution is -2.15. The van der Waals surface area contributed by atoms with Crippen molar-refractivity contribution in [3.05, 3.63) is 94.7 Å². The number of hydrogen-bond acceptors (Lipinski definition) is 4. The van der Waals surface area contributed by atoms with E-state index in [4.69, 9.17) is 4.74 Å². The Balaban J connectivity index is 1.33. The van der Waals surface area contributed by atoms with Gasteiger partial charge >= 0.3 is 0 Å². The number of carbonyl (C=O) groups is 2. The molecule has 0 radical (unpaired) electrons. The average Bonchev–Trinajstić information content (AvgIpc) is 3.20. The van der Waals surface area contributed by atoms with Crippen LogP contribution in [0, 0.1) is 13.8 Å². The SMILES string of the molecule is Cc1ccc2cc(C(=O)Nc3cc(NC(=O)c4ccc5c(c4)OC(C)C5)ccc3C)ccc2n1. The van der Waals surface area contributed by atoms with Gasteiger partial charge in [0.1, 0.15) is 11.9 Å². The zero-order chi connectivity index (χ0) is 23.8. The second-order valence-corrected chi connectivity index (χ2v) is 8.75. The molecule has 1 atom stereocenters. The molecule has 5 rings (SSSR count). The summed E-state index contributed by atoms with van der Waals surface area (Å²) in [6.45, 7) is 5.86. The maximum atomic E-state index is 12.9. The molecule has 34 heavy (non-hydrogen) atoms. The molecule has 170 valence electrons. The van der Waals surface area contributed by atoms with Crippen LogP contribution in [0.4, 0.5) is 11.4 Å². The van der Waals surface area contributed by atoms with E-state index in [0.717, 1.165) is 39.9 Å². The fourth-order valence-electron chi connectivity index (χ4n) is 4.14. The third-order valence-electron chi connectivity index (χ3n) is 6.00. The minimum Gasteiger partial charge on any atom is -0.490 e. The van der Waals surface area contributed by atoms with E-state index in [2.05, 4.69) is 15.6 Å². The van der Waals surface area contributed by atoms with Gasteiger partial charge in [-0.1, -0.05) is 18.2 Å². The molecule has 6 heteroatoms. The van der Waals surface area contributed by atoms with Crippen molar-refractivity contribution >= 4 is 34.1 Å². The second kappa shape index (κ2) is 8.63. The standard InChI is InChI=1S/C28H25N3O3/c1-16-4-10-23(30-27(32)22-8-7-20-12-18(3)34-26(20)14-22)15-25(16)31-28(33)21-9-11-24-19(13-21)6-5-17(2)29-24/h4-11,13-15,18H,12H2,1-3H3,(H,30,32)(H,31,33). The molecule has 3 aromatic carbocycles. The molecule has 0 bridgehead atoms. The van der Waals surface area contributed by atoms with Crippen LogP contribution in [0.5, 0.6) is 5.75 Å². The van der Waals surface area contributed by atoms with Crippen molar-refractivity contribution in [3.8, 4) is 5.75 Å². The third kappa shape index (κ3) is 4.35. The molecule has 0 saturated carbocycles. The zero-order valence-electron chi connectivity index (χ0n) is 19.3. The highest BCUT2D eigenvalue weighted by Gasteiger charge is 2.20. The number of nitrogens with one attached hydrogen (secondary N) is 2. The van der Waals surface area contributed by atoms with E-state index in [0.29, 0.717) is 22.5 Å². The maximum absolute atomic E-state index is 12.9. The van der Waals surface area contributed by atoms with E-state index in [-0.39, 0.29) is 17.9 Å². The number of anilines is 2. The Hall–Kier alpha value is -4.19. The van der Waals surface area contributed by atoms with Crippen molar-refractivity contribution in [1.82, 2.24) is 4.98 Å². The number of benzene rings is 3. The number of carbonyl (C=O) groups excluding carboxylic acids is 2. The third-order valence-corrected chi connectivity index (χ3v) is 6.00. The summed E-state index contributed by atoms with van der Waals surface area (Å²) in [6, 6.07) is 20.3. The molecule has 1 unspecified atom stereocenters. The molecule has 6 nitrogen and oxygen atoms in total. The van der Waals surface area contributed by atoms with Crippen LogP contribution in [0.15, 0.2) is 66.7 Å². The first-order chi connectivity index (χ1) is 16.4. The number of amides is 2. The van der Waals surface area contributed by atoms with Crippen LogP contribution in [0.25, 0.3) is 10.9 Å². The maximum Gasteiger partial charge on any atom is 0.255 e. The van der Waals surface area contributed by atoms with Crippen LogP contribution in [0.1, 0.15) is 44.5 Å². The minimum absolute atomic E-state index is 0.125. The fraction of sp³-hybridized carbons (Fsp3) is 0.179. The number of rotatable bonds is 4. The number of aryl methyl sites for hydroxylation is 2. The Morgan fingerprint density at radius 1 is 0.882 bits per heavy atom. The van der Waals surface area contributed by atoms with Crippen LogP contribution in [0.2, 0.25) is 0 Å². The van der Waals surface area contributed by atoms with E-state index in [1.807, 2.05) is 69.3 Å². The fourth-order valence-corrected chi connectivity index (χ4v) is 4.14. The van der Waals surface area contributed by atoms with Crippen LogP contribution < -0.4 is 15.4 Å². The largest absolute Gasteiger partial charge is 0.490 e. The summed E-state index contributed by atoms with van der Waals surface area (Å²) in [5.74, 6) is 0.307. The summed E-state index contributed by atoms with van der Waals surface area (Å²) in [4.78, 5) is 30.2. The summed E-state index contributed by atoms with van der Waals surface area (Å²) in [5, 5.41) is 6.79. The molecule has 1 aromatic heterocycles. The topological polar surface area (TPSA) is 80.3 Å².